The minimum atomic E-state index is -0.151. The van der Waals surface area contributed by atoms with Crippen LogP contribution in [0, 0.1) is 18.3 Å². The molecule has 0 radical (unpaired) electrons. The Morgan fingerprint density at radius 3 is 2.67 bits per heavy atom. The van der Waals surface area contributed by atoms with Crippen molar-refractivity contribution < 1.29 is 4.79 Å². The zero-order valence-electron chi connectivity index (χ0n) is 15.0. The fourth-order valence-electron chi connectivity index (χ4n) is 2.14. The summed E-state index contributed by atoms with van der Waals surface area (Å²) in [6.45, 7) is 6.66. The van der Waals surface area contributed by atoms with Crippen LogP contribution >= 0.6 is 0 Å². The number of carbonyl (C=O) groups excluding carboxylic acids is 1. The molecule has 24 heavy (non-hydrogen) atoms. The molecule has 0 fully saturated rings. The first-order valence-electron chi connectivity index (χ1n) is 8.28. The summed E-state index contributed by atoms with van der Waals surface area (Å²) in [5.74, 6) is 3.69. The first kappa shape index (κ1) is 19.6. The topological polar surface area (TPSA) is 65.5 Å². The molecule has 3 N–H and O–H groups in total. The molecule has 1 rings (SSSR count). The molecule has 1 amide bonds. The van der Waals surface area contributed by atoms with E-state index in [9.17, 15) is 4.79 Å². The zero-order valence-corrected chi connectivity index (χ0v) is 15.0. The molecule has 0 bridgehead atoms. The number of terminal acetylenes is 1. The smallest absolute Gasteiger partial charge is 0.243 e. The largest absolute Gasteiger partial charge is 0.354 e. The van der Waals surface area contributed by atoms with Crippen LogP contribution in [0.4, 0.5) is 5.69 Å². The zero-order chi connectivity index (χ0) is 17.9. The van der Waals surface area contributed by atoms with E-state index in [1.165, 1.54) is 0 Å². The number of hydrogen-bond acceptors (Lipinski definition) is 2. The van der Waals surface area contributed by atoms with Gasteiger partial charge in [-0.2, -0.15) is 0 Å². The predicted octanol–water partition coefficient (Wildman–Crippen LogP) is 2.60. The second-order valence-electron chi connectivity index (χ2n) is 6.22. The van der Waals surface area contributed by atoms with Crippen LogP contribution in [-0.4, -0.2) is 31.5 Å². The van der Waals surface area contributed by atoms with E-state index in [0.29, 0.717) is 23.6 Å². The van der Waals surface area contributed by atoms with E-state index in [-0.39, 0.29) is 12.5 Å². The molecule has 0 saturated heterocycles. The number of anilines is 1. The third kappa shape index (κ3) is 7.68. The summed E-state index contributed by atoms with van der Waals surface area (Å²) in [5.41, 5.74) is 1.42. The van der Waals surface area contributed by atoms with Crippen LogP contribution < -0.4 is 16.0 Å². The lowest BCUT2D eigenvalue weighted by molar-refractivity contribution is -0.115. The number of benzene rings is 1. The minimum absolute atomic E-state index is 0.136. The lowest BCUT2D eigenvalue weighted by Gasteiger charge is -2.18. The van der Waals surface area contributed by atoms with Gasteiger partial charge in [0.2, 0.25) is 5.91 Å². The Morgan fingerprint density at radius 1 is 1.29 bits per heavy atom. The van der Waals surface area contributed by atoms with Gasteiger partial charge in [-0.05, 0) is 43.9 Å². The van der Waals surface area contributed by atoms with Crippen LogP contribution in [0.25, 0.3) is 0 Å². The highest BCUT2D eigenvalue weighted by Crippen LogP contribution is 2.09. The van der Waals surface area contributed by atoms with Crippen molar-refractivity contribution in [2.24, 2.45) is 10.9 Å². The maximum Gasteiger partial charge on any atom is 0.243 e. The maximum absolute atomic E-state index is 12.0. The third-order valence-electron chi connectivity index (χ3n) is 3.51. The number of carbonyl (C=O) groups is 1. The van der Waals surface area contributed by atoms with Crippen LogP contribution in [0.5, 0.6) is 0 Å². The Kier molecular flexibility index (Phi) is 8.42. The summed E-state index contributed by atoms with van der Waals surface area (Å²) < 4.78 is 0. The molecule has 5 heteroatoms. The Morgan fingerprint density at radius 2 is 2.04 bits per heavy atom. The van der Waals surface area contributed by atoms with Gasteiger partial charge in [-0.15, -0.1) is 6.42 Å². The Balaban J connectivity index is 2.42. The van der Waals surface area contributed by atoms with E-state index in [1.54, 1.807) is 19.2 Å². The van der Waals surface area contributed by atoms with Crippen molar-refractivity contribution in [1.82, 2.24) is 10.6 Å². The van der Waals surface area contributed by atoms with Crippen LogP contribution in [0.3, 0.4) is 0 Å². The van der Waals surface area contributed by atoms with Crippen molar-refractivity contribution in [2.45, 2.75) is 39.7 Å². The van der Waals surface area contributed by atoms with Crippen molar-refractivity contribution in [2.75, 3.05) is 18.9 Å². The fraction of sp³-hybridized carbons (Fsp3) is 0.474. The summed E-state index contributed by atoms with van der Waals surface area (Å²) in [6, 6.07) is 7.50. The number of amides is 1. The lowest BCUT2D eigenvalue weighted by atomic mass is 10.0. The summed E-state index contributed by atoms with van der Waals surface area (Å²) in [4.78, 5) is 16.2. The highest BCUT2D eigenvalue weighted by molar-refractivity contribution is 5.95. The first-order valence-corrected chi connectivity index (χ1v) is 8.28. The standard InChI is InChI=1S/C19H28N4O/c1-6-16-8-7-9-17(12-16)23-18(24)13-21-19(20-5)22-15(4)11-10-14(2)3/h1,7-9,12,14-15H,10-11,13H2,2-5H3,(H,23,24)(H2,20,21,22). The number of rotatable bonds is 7. The molecular formula is C19H28N4O. The van der Waals surface area contributed by atoms with Gasteiger partial charge >= 0.3 is 0 Å². The van der Waals surface area contributed by atoms with Gasteiger partial charge in [-0.1, -0.05) is 25.8 Å². The van der Waals surface area contributed by atoms with E-state index in [2.05, 4.69) is 47.6 Å². The molecule has 5 nitrogen and oxygen atoms in total. The Labute approximate surface area is 145 Å². The van der Waals surface area contributed by atoms with Crippen molar-refractivity contribution in [3.63, 3.8) is 0 Å². The maximum atomic E-state index is 12.0. The second-order valence-corrected chi connectivity index (χ2v) is 6.22. The monoisotopic (exact) mass is 328 g/mol. The number of nitrogens with zero attached hydrogens (tertiary/aromatic N) is 1. The molecule has 0 aromatic heterocycles. The first-order chi connectivity index (χ1) is 11.4. The minimum Gasteiger partial charge on any atom is -0.354 e. The average Bonchev–Trinajstić information content (AvgIpc) is 2.56. The number of guanidine groups is 1. The molecular weight excluding hydrogens is 300 g/mol. The van der Waals surface area contributed by atoms with Gasteiger partial charge in [-0.3, -0.25) is 9.79 Å². The van der Waals surface area contributed by atoms with Gasteiger partial charge in [0.25, 0.3) is 0 Å². The molecule has 0 spiro atoms. The third-order valence-corrected chi connectivity index (χ3v) is 3.51. The summed E-state index contributed by atoms with van der Waals surface area (Å²) in [5, 5.41) is 9.12. The van der Waals surface area contributed by atoms with Gasteiger partial charge in [0.15, 0.2) is 5.96 Å². The molecule has 0 saturated carbocycles. The van der Waals surface area contributed by atoms with Crippen molar-refractivity contribution in [3.8, 4) is 12.3 Å². The Hall–Kier alpha value is -2.48. The highest BCUT2D eigenvalue weighted by atomic mass is 16.1. The molecule has 130 valence electrons. The van der Waals surface area contributed by atoms with E-state index >= 15 is 0 Å². The van der Waals surface area contributed by atoms with Crippen molar-refractivity contribution >= 4 is 17.6 Å². The SMILES string of the molecule is C#Cc1cccc(NC(=O)CNC(=NC)NC(C)CCC(C)C)c1. The normalized spacial score (nSPS) is 12.4. The second kappa shape index (κ2) is 10.3. The Bertz CT molecular complexity index is 602. The van der Waals surface area contributed by atoms with Crippen LogP contribution in [0.1, 0.15) is 39.2 Å². The molecule has 1 atom stereocenters. The van der Waals surface area contributed by atoms with E-state index in [0.717, 1.165) is 18.4 Å². The van der Waals surface area contributed by atoms with Gasteiger partial charge < -0.3 is 16.0 Å². The quantitative estimate of drug-likeness (QED) is 0.409. The van der Waals surface area contributed by atoms with Crippen molar-refractivity contribution in [1.29, 1.82) is 0 Å². The summed E-state index contributed by atoms with van der Waals surface area (Å²) >= 11 is 0. The number of hydrogen-bond donors (Lipinski definition) is 3. The lowest BCUT2D eigenvalue weighted by Crippen LogP contribution is -2.45. The van der Waals surface area contributed by atoms with Gasteiger partial charge in [-0.25, -0.2) is 0 Å². The van der Waals surface area contributed by atoms with Crippen LogP contribution in [-0.2, 0) is 4.79 Å². The predicted molar refractivity (Wildman–Crippen MR) is 101 cm³/mol. The van der Waals surface area contributed by atoms with Gasteiger partial charge in [0.05, 0.1) is 6.54 Å². The summed E-state index contributed by atoms with van der Waals surface area (Å²) in [7, 11) is 1.69. The van der Waals surface area contributed by atoms with Gasteiger partial charge in [0.1, 0.15) is 0 Å². The van der Waals surface area contributed by atoms with Crippen LogP contribution in [0.15, 0.2) is 29.3 Å². The molecule has 1 unspecified atom stereocenters. The number of nitrogens with one attached hydrogen (secondary N) is 3. The molecule has 1 aromatic rings. The summed E-state index contributed by atoms with van der Waals surface area (Å²) in [6.07, 6.45) is 7.57. The van der Waals surface area contributed by atoms with E-state index in [4.69, 9.17) is 6.42 Å². The average molecular weight is 328 g/mol. The van der Waals surface area contributed by atoms with E-state index < -0.39 is 0 Å². The molecule has 0 heterocycles. The molecule has 0 aliphatic heterocycles. The van der Waals surface area contributed by atoms with E-state index in [1.807, 2.05) is 12.1 Å². The number of aliphatic imine (C=N–C) groups is 1. The molecule has 0 aliphatic carbocycles. The molecule has 0 aliphatic rings. The highest BCUT2D eigenvalue weighted by Gasteiger charge is 2.08. The molecule has 1 aromatic carbocycles. The fourth-order valence-corrected chi connectivity index (χ4v) is 2.14. The van der Waals surface area contributed by atoms with Crippen LogP contribution in [0.2, 0.25) is 0 Å². The van der Waals surface area contributed by atoms with Crippen molar-refractivity contribution in [3.05, 3.63) is 29.8 Å². The van der Waals surface area contributed by atoms with Gasteiger partial charge in [0, 0.05) is 24.3 Å².